The first-order valence-corrected chi connectivity index (χ1v) is 6.05. The van der Waals surface area contributed by atoms with Crippen LogP contribution in [0.15, 0.2) is 29.8 Å². The van der Waals surface area contributed by atoms with Crippen molar-refractivity contribution in [2.24, 2.45) is 0 Å². The molecule has 1 atom stereocenters. The fourth-order valence-corrected chi connectivity index (χ4v) is 2.18. The normalized spacial score (nSPS) is 16.6. The maximum Gasteiger partial charge on any atom is 0.121 e. The van der Waals surface area contributed by atoms with Gasteiger partial charge in [-0.3, -0.25) is 0 Å². The van der Waals surface area contributed by atoms with E-state index in [1.54, 1.807) is 12.7 Å². The lowest BCUT2D eigenvalue weighted by Gasteiger charge is -2.19. The second kappa shape index (κ2) is 4.73. The fraction of sp³-hybridized carbons (Fsp3) is 0.467. The lowest BCUT2D eigenvalue weighted by Crippen LogP contribution is -2.00. The van der Waals surface area contributed by atoms with Crippen LogP contribution >= 0.6 is 0 Å². The van der Waals surface area contributed by atoms with Gasteiger partial charge in [0.05, 0.1) is 7.11 Å². The van der Waals surface area contributed by atoms with Gasteiger partial charge in [0.25, 0.3) is 0 Å². The maximum atomic E-state index is 5.28. The van der Waals surface area contributed by atoms with Gasteiger partial charge in [-0.1, -0.05) is 30.7 Å². The van der Waals surface area contributed by atoms with Gasteiger partial charge in [0.1, 0.15) is 5.75 Å². The second-order valence-corrected chi connectivity index (χ2v) is 4.70. The summed E-state index contributed by atoms with van der Waals surface area (Å²) in [5.74, 6) is 1.51. The predicted molar refractivity (Wildman–Crippen MR) is 68.1 cm³/mol. The average Bonchev–Trinajstić information content (AvgIpc) is 2.23. The standard InChI is InChI=1S/C15H20O/c1-11(9-13-5-4-6-13)14-7-8-15(16-3)12(2)10-14/h7-11H,4-6H2,1-3H3. The van der Waals surface area contributed by atoms with Gasteiger partial charge >= 0.3 is 0 Å². The summed E-state index contributed by atoms with van der Waals surface area (Å²) in [6, 6.07) is 6.48. The molecule has 0 spiro atoms. The van der Waals surface area contributed by atoms with E-state index in [4.69, 9.17) is 4.74 Å². The lowest BCUT2D eigenvalue weighted by molar-refractivity contribution is 0.411. The van der Waals surface area contributed by atoms with E-state index in [9.17, 15) is 0 Å². The van der Waals surface area contributed by atoms with Crippen LogP contribution in [0, 0.1) is 6.92 Å². The van der Waals surface area contributed by atoms with Crippen LogP contribution in [0.25, 0.3) is 0 Å². The molecule has 1 unspecified atom stereocenters. The Morgan fingerprint density at radius 3 is 2.56 bits per heavy atom. The molecular weight excluding hydrogens is 196 g/mol. The largest absolute Gasteiger partial charge is 0.496 e. The topological polar surface area (TPSA) is 9.23 Å². The minimum absolute atomic E-state index is 0.528. The minimum Gasteiger partial charge on any atom is -0.496 e. The first-order valence-electron chi connectivity index (χ1n) is 6.05. The maximum absolute atomic E-state index is 5.28. The number of rotatable bonds is 3. The van der Waals surface area contributed by atoms with Crippen molar-refractivity contribution in [1.82, 2.24) is 0 Å². The Balaban J connectivity index is 2.17. The molecule has 2 rings (SSSR count). The lowest BCUT2D eigenvalue weighted by atomic mass is 9.87. The monoisotopic (exact) mass is 216 g/mol. The first-order chi connectivity index (χ1) is 7.70. The molecule has 0 aliphatic heterocycles. The summed E-state index contributed by atoms with van der Waals surface area (Å²) in [6.07, 6.45) is 6.41. The summed E-state index contributed by atoms with van der Waals surface area (Å²) >= 11 is 0. The molecule has 86 valence electrons. The van der Waals surface area contributed by atoms with E-state index in [1.807, 2.05) is 0 Å². The van der Waals surface area contributed by atoms with Crippen LogP contribution in [0.4, 0.5) is 0 Å². The third-order valence-electron chi connectivity index (χ3n) is 3.43. The zero-order valence-corrected chi connectivity index (χ0v) is 10.4. The highest BCUT2D eigenvalue weighted by Crippen LogP contribution is 2.30. The summed E-state index contributed by atoms with van der Waals surface area (Å²) in [4.78, 5) is 0. The summed E-state index contributed by atoms with van der Waals surface area (Å²) in [6.45, 7) is 4.37. The van der Waals surface area contributed by atoms with Crippen molar-refractivity contribution in [3.8, 4) is 5.75 Å². The van der Waals surface area contributed by atoms with E-state index in [2.05, 4.69) is 38.1 Å². The molecule has 1 aliphatic rings. The summed E-state index contributed by atoms with van der Waals surface area (Å²) < 4.78 is 5.28. The fourth-order valence-electron chi connectivity index (χ4n) is 2.18. The van der Waals surface area contributed by atoms with Crippen molar-refractivity contribution in [1.29, 1.82) is 0 Å². The van der Waals surface area contributed by atoms with E-state index >= 15 is 0 Å². The van der Waals surface area contributed by atoms with Gasteiger partial charge in [-0.25, -0.2) is 0 Å². The quantitative estimate of drug-likeness (QED) is 0.687. The molecule has 1 saturated carbocycles. The van der Waals surface area contributed by atoms with Crippen molar-refractivity contribution >= 4 is 0 Å². The molecule has 1 aromatic rings. The molecule has 0 aromatic heterocycles. The summed E-state index contributed by atoms with van der Waals surface area (Å²) in [7, 11) is 1.72. The van der Waals surface area contributed by atoms with Gasteiger partial charge in [-0.15, -0.1) is 0 Å². The Bertz CT molecular complexity index is 398. The van der Waals surface area contributed by atoms with E-state index in [1.165, 1.54) is 30.4 Å². The highest BCUT2D eigenvalue weighted by Gasteiger charge is 2.11. The molecule has 0 N–H and O–H groups in total. The van der Waals surface area contributed by atoms with Crippen molar-refractivity contribution in [2.45, 2.75) is 39.0 Å². The third-order valence-corrected chi connectivity index (χ3v) is 3.43. The van der Waals surface area contributed by atoms with Crippen molar-refractivity contribution in [3.63, 3.8) is 0 Å². The molecule has 1 fully saturated rings. The molecule has 0 radical (unpaired) electrons. The Morgan fingerprint density at radius 1 is 1.31 bits per heavy atom. The average molecular weight is 216 g/mol. The Morgan fingerprint density at radius 2 is 2.06 bits per heavy atom. The first kappa shape index (κ1) is 11.3. The van der Waals surface area contributed by atoms with Crippen LogP contribution in [0.3, 0.4) is 0 Å². The molecule has 1 aliphatic carbocycles. The summed E-state index contributed by atoms with van der Waals surface area (Å²) in [5, 5.41) is 0. The van der Waals surface area contributed by atoms with E-state index in [0.29, 0.717) is 5.92 Å². The molecular formula is C15H20O. The Labute approximate surface area is 98.1 Å². The van der Waals surface area contributed by atoms with Crippen LogP contribution < -0.4 is 4.74 Å². The minimum atomic E-state index is 0.528. The number of hydrogen-bond donors (Lipinski definition) is 0. The third kappa shape index (κ3) is 2.29. The van der Waals surface area contributed by atoms with Gasteiger partial charge in [0.15, 0.2) is 0 Å². The molecule has 0 bridgehead atoms. The Hall–Kier alpha value is -1.24. The van der Waals surface area contributed by atoms with Gasteiger partial charge in [-0.05, 0) is 49.3 Å². The number of ether oxygens (including phenoxy) is 1. The van der Waals surface area contributed by atoms with Gasteiger partial charge < -0.3 is 4.74 Å². The van der Waals surface area contributed by atoms with Gasteiger partial charge in [0, 0.05) is 0 Å². The molecule has 1 aromatic carbocycles. The molecule has 1 heteroatoms. The zero-order chi connectivity index (χ0) is 11.5. The van der Waals surface area contributed by atoms with Crippen LogP contribution in [-0.2, 0) is 0 Å². The van der Waals surface area contributed by atoms with Crippen molar-refractivity contribution in [2.75, 3.05) is 7.11 Å². The molecule has 1 nitrogen and oxygen atoms in total. The van der Waals surface area contributed by atoms with Crippen molar-refractivity contribution in [3.05, 3.63) is 41.0 Å². The van der Waals surface area contributed by atoms with Gasteiger partial charge in [-0.2, -0.15) is 0 Å². The number of methoxy groups -OCH3 is 1. The highest BCUT2D eigenvalue weighted by molar-refractivity contribution is 5.39. The molecule has 0 saturated heterocycles. The zero-order valence-electron chi connectivity index (χ0n) is 10.4. The predicted octanol–water partition coefficient (Wildman–Crippen LogP) is 4.22. The number of aryl methyl sites for hydroxylation is 1. The molecule has 0 amide bonds. The van der Waals surface area contributed by atoms with Crippen LogP contribution in [0.2, 0.25) is 0 Å². The van der Waals surface area contributed by atoms with Crippen molar-refractivity contribution < 1.29 is 4.74 Å². The smallest absolute Gasteiger partial charge is 0.121 e. The SMILES string of the molecule is COc1ccc(C(C)C=C2CCC2)cc1C. The number of allylic oxidation sites excluding steroid dienone is 2. The number of hydrogen-bond acceptors (Lipinski definition) is 1. The van der Waals surface area contributed by atoms with E-state index < -0.39 is 0 Å². The highest BCUT2D eigenvalue weighted by atomic mass is 16.5. The van der Waals surface area contributed by atoms with Gasteiger partial charge in [0.2, 0.25) is 0 Å². The molecule has 16 heavy (non-hydrogen) atoms. The van der Waals surface area contributed by atoms with Crippen LogP contribution in [0.5, 0.6) is 5.75 Å². The van der Waals surface area contributed by atoms with Crippen LogP contribution in [-0.4, -0.2) is 7.11 Å². The Kier molecular flexibility index (Phi) is 3.33. The summed E-state index contributed by atoms with van der Waals surface area (Å²) in [5.41, 5.74) is 4.23. The van der Waals surface area contributed by atoms with E-state index in [-0.39, 0.29) is 0 Å². The second-order valence-electron chi connectivity index (χ2n) is 4.70. The molecule has 0 heterocycles. The number of benzene rings is 1. The van der Waals surface area contributed by atoms with Crippen LogP contribution in [0.1, 0.15) is 43.2 Å². The van der Waals surface area contributed by atoms with E-state index in [0.717, 1.165) is 5.75 Å².